The van der Waals surface area contributed by atoms with Crippen molar-refractivity contribution in [2.75, 3.05) is 5.75 Å². The van der Waals surface area contributed by atoms with Crippen molar-refractivity contribution in [3.05, 3.63) is 29.3 Å². The Kier molecular flexibility index (Phi) is 2.31. The second-order valence-electron chi connectivity index (χ2n) is 3.51. The molecule has 0 radical (unpaired) electrons. The smallest absolute Gasteiger partial charge is 0.335 e. The summed E-state index contributed by atoms with van der Waals surface area (Å²) in [5, 5.41) is 8.74. The van der Waals surface area contributed by atoms with Crippen LogP contribution in [0.2, 0.25) is 0 Å². The first-order valence-electron chi connectivity index (χ1n) is 4.55. The molecule has 1 heterocycles. The van der Waals surface area contributed by atoms with Crippen LogP contribution >= 0.6 is 0 Å². The maximum absolute atomic E-state index is 11.6. The second kappa shape index (κ2) is 3.41. The Morgan fingerprint density at radius 3 is 2.62 bits per heavy atom. The molecule has 1 N–H and O–H groups in total. The average molecular weight is 240 g/mol. The van der Waals surface area contributed by atoms with Crippen LogP contribution in [0.5, 0.6) is 0 Å². The molecule has 1 aliphatic heterocycles. The Labute approximate surface area is 91.6 Å². The monoisotopic (exact) mass is 240 g/mol. The third kappa shape index (κ3) is 1.61. The van der Waals surface area contributed by atoms with Gasteiger partial charge in [-0.05, 0) is 18.2 Å². The summed E-state index contributed by atoms with van der Waals surface area (Å²) in [6, 6.07) is 3.50. The molecule has 0 fully saturated rings. The third-order valence-corrected chi connectivity index (χ3v) is 4.23. The highest BCUT2D eigenvalue weighted by Gasteiger charge is 2.29. The fraction of sp³-hybridized carbons (Fsp3) is 0.200. The molecule has 5 nitrogen and oxygen atoms in total. The maximum atomic E-state index is 11.6. The molecule has 0 unspecified atom stereocenters. The summed E-state index contributed by atoms with van der Waals surface area (Å²) in [6.45, 7) is 0. The molecule has 2 rings (SSSR count). The molecule has 0 spiro atoms. The standard InChI is InChI=1S/C10H8O5S/c11-8-3-4-16(14,15)9-2-1-6(10(12)13)5-7(8)9/h1-2,5H,3-4H2,(H,12,13). The predicted molar refractivity (Wildman–Crippen MR) is 54.4 cm³/mol. The highest BCUT2D eigenvalue weighted by Crippen LogP contribution is 2.25. The van der Waals surface area contributed by atoms with Crippen molar-refractivity contribution in [2.24, 2.45) is 0 Å². The van der Waals surface area contributed by atoms with Gasteiger partial charge in [-0.15, -0.1) is 0 Å². The zero-order chi connectivity index (χ0) is 11.9. The minimum Gasteiger partial charge on any atom is -0.478 e. The van der Waals surface area contributed by atoms with E-state index in [1.54, 1.807) is 0 Å². The normalized spacial score (nSPS) is 17.9. The van der Waals surface area contributed by atoms with Gasteiger partial charge in [0.15, 0.2) is 15.6 Å². The van der Waals surface area contributed by atoms with E-state index in [0.717, 1.165) is 6.07 Å². The van der Waals surface area contributed by atoms with E-state index in [-0.39, 0.29) is 34.0 Å². The fourth-order valence-corrected chi connectivity index (χ4v) is 3.08. The first-order chi connectivity index (χ1) is 7.42. The number of hydrogen-bond donors (Lipinski definition) is 1. The number of ketones is 1. The van der Waals surface area contributed by atoms with Crippen LogP contribution in [0.3, 0.4) is 0 Å². The number of carboxylic acids is 1. The third-order valence-electron chi connectivity index (χ3n) is 2.46. The van der Waals surface area contributed by atoms with Gasteiger partial charge in [0, 0.05) is 12.0 Å². The fourth-order valence-electron chi connectivity index (χ4n) is 1.62. The van der Waals surface area contributed by atoms with Crippen molar-refractivity contribution >= 4 is 21.6 Å². The Bertz CT molecular complexity index is 585. The Hall–Kier alpha value is -1.69. The van der Waals surface area contributed by atoms with E-state index in [0.29, 0.717) is 0 Å². The molecule has 1 aromatic carbocycles. The minimum atomic E-state index is -3.43. The van der Waals surface area contributed by atoms with Gasteiger partial charge < -0.3 is 5.11 Å². The van der Waals surface area contributed by atoms with Crippen LogP contribution in [0.1, 0.15) is 27.1 Å². The van der Waals surface area contributed by atoms with E-state index in [1.807, 2.05) is 0 Å². The zero-order valence-corrected chi connectivity index (χ0v) is 8.95. The SMILES string of the molecule is O=C(O)c1ccc2c(c1)C(=O)CCS2(=O)=O. The van der Waals surface area contributed by atoms with Crippen LogP contribution in [0, 0.1) is 0 Å². The zero-order valence-electron chi connectivity index (χ0n) is 8.13. The van der Waals surface area contributed by atoms with E-state index < -0.39 is 15.8 Å². The molecule has 16 heavy (non-hydrogen) atoms. The molecule has 84 valence electrons. The van der Waals surface area contributed by atoms with Crippen LogP contribution in [-0.4, -0.2) is 31.0 Å². The molecule has 1 aromatic rings. The van der Waals surface area contributed by atoms with Gasteiger partial charge in [-0.3, -0.25) is 4.79 Å². The van der Waals surface area contributed by atoms with Crippen molar-refractivity contribution in [1.82, 2.24) is 0 Å². The second-order valence-corrected chi connectivity index (χ2v) is 5.59. The lowest BCUT2D eigenvalue weighted by atomic mass is 10.1. The first-order valence-corrected chi connectivity index (χ1v) is 6.20. The molecule has 0 saturated carbocycles. The van der Waals surface area contributed by atoms with E-state index in [4.69, 9.17) is 5.11 Å². The van der Waals surface area contributed by atoms with Gasteiger partial charge in [-0.1, -0.05) is 0 Å². The van der Waals surface area contributed by atoms with Crippen molar-refractivity contribution in [2.45, 2.75) is 11.3 Å². The lowest BCUT2D eigenvalue weighted by Crippen LogP contribution is -2.21. The van der Waals surface area contributed by atoms with Gasteiger partial charge in [0.1, 0.15) is 0 Å². The molecule has 0 amide bonds. The van der Waals surface area contributed by atoms with E-state index >= 15 is 0 Å². The van der Waals surface area contributed by atoms with Crippen LogP contribution < -0.4 is 0 Å². The number of carbonyl (C=O) groups excluding carboxylic acids is 1. The van der Waals surface area contributed by atoms with Crippen molar-refractivity contribution in [3.8, 4) is 0 Å². The van der Waals surface area contributed by atoms with E-state index in [1.165, 1.54) is 12.1 Å². The van der Waals surface area contributed by atoms with Gasteiger partial charge in [-0.25, -0.2) is 13.2 Å². The maximum Gasteiger partial charge on any atom is 0.335 e. The van der Waals surface area contributed by atoms with E-state index in [9.17, 15) is 18.0 Å². The Morgan fingerprint density at radius 1 is 1.31 bits per heavy atom. The summed E-state index contributed by atoms with van der Waals surface area (Å²) in [5.74, 6) is -1.71. The number of sulfone groups is 1. The number of carbonyl (C=O) groups is 2. The van der Waals surface area contributed by atoms with Crippen LogP contribution in [0.4, 0.5) is 0 Å². The largest absolute Gasteiger partial charge is 0.478 e. The number of fused-ring (bicyclic) bond motifs is 1. The predicted octanol–water partition coefficient (Wildman–Crippen LogP) is 0.745. The van der Waals surface area contributed by atoms with Crippen LogP contribution in [0.15, 0.2) is 23.1 Å². The molecule has 0 atom stereocenters. The summed E-state index contributed by atoms with van der Waals surface area (Å²) in [6.07, 6.45) is -0.0849. The summed E-state index contributed by atoms with van der Waals surface area (Å²) < 4.78 is 23.2. The lowest BCUT2D eigenvalue weighted by molar-refractivity contribution is 0.0696. The van der Waals surface area contributed by atoms with Crippen molar-refractivity contribution in [1.29, 1.82) is 0 Å². The number of rotatable bonds is 1. The highest BCUT2D eigenvalue weighted by molar-refractivity contribution is 7.91. The Balaban J connectivity index is 2.70. The molecule has 1 aliphatic rings. The molecule has 6 heteroatoms. The molecular weight excluding hydrogens is 232 g/mol. The Morgan fingerprint density at radius 2 is 2.00 bits per heavy atom. The average Bonchev–Trinajstić information content (AvgIpc) is 2.23. The summed E-state index contributed by atoms with van der Waals surface area (Å²) in [4.78, 5) is 22.1. The lowest BCUT2D eigenvalue weighted by Gasteiger charge is -2.15. The van der Waals surface area contributed by atoms with Crippen molar-refractivity contribution < 1.29 is 23.1 Å². The number of aromatic carboxylic acids is 1. The molecule has 0 aromatic heterocycles. The van der Waals surface area contributed by atoms with Crippen LogP contribution in [0.25, 0.3) is 0 Å². The van der Waals surface area contributed by atoms with Gasteiger partial charge in [-0.2, -0.15) is 0 Å². The number of hydrogen-bond acceptors (Lipinski definition) is 4. The summed E-state index contributed by atoms with van der Waals surface area (Å²) in [5.41, 5.74) is -0.0876. The molecular formula is C10H8O5S. The van der Waals surface area contributed by atoms with Gasteiger partial charge in [0.05, 0.1) is 16.2 Å². The van der Waals surface area contributed by atoms with Crippen molar-refractivity contribution in [3.63, 3.8) is 0 Å². The van der Waals surface area contributed by atoms with E-state index in [2.05, 4.69) is 0 Å². The highest BCUT2D eigenvalue weighted by atomic mass is 32.2. The number of benzene rings is 1. The van der Waals surface area contributed by atoms with Gasteiger partial charge in [0.25, 0.3) is 0 Å². The number of carboxylic acid groups (broad SMARTS) is 1. The quantitative estimate of drug-likeness (QED) is 0.782. The first kappa shape index (κ1) is 10.8. The van der Waals surface area contributed by atoms with Gasteiger partial charge >= 0.3 is 5.97 Å². The minimum absolute atomic E-state index is 0.00819. The molecule has 0 bridgehead atoms. The molecule has 0 aliphatic carbocycles. The van der Waals surface area contributed by atoms with Crippen LogP contribution in [-0.2, 0) is 9.84 Å². The van der Waals surface area contributed by atoms with Gasteiger partial charge in [0.2, 0.25) is 0 Å². The summed E-state index contributed by atoms with van der Waals surface area (Å²) >= 11 is 0. The summed E-state index contributed by atoms with van der Waals surface area (Å²) in [7, 11) is -3.43. The number of Topliss-reactive ketones (excluding diaryl/α,β-unsaturated/α-hetero) is 1. The molecule has 0 saturated heterocycles. The topological polar surface area (TPSA) is 88.5 Å².